The first-order valence-corrected chi connectivity index (χ1v) is 9.75. The summed E-state index contributed by atoms with van der Waals surface area (Å²) in [6.07, 6.45) is 0. The van der Waals surface area contributed by atoms with E-state index in [4.69, 9.17) is 11.6 Å². The van der Waals surface area contributed by atoms with Crippen LogP contribution in [0, 0.1) is 20.8 Å². The summed E-state index contributed by atoms with van der Waals surface area (Å²) in [5.41, 5.74) is 4.78. The molecule has 2 heterocycles. The number of halogens is 1. The van der Waals surface area contributed by atoms with Gasteiger partial charge in [-0.05, 0) is 56.7 Å². The maximum atomic E-state index is 12.8. The average Bonchev–Trinajstić information content (AvgIpc) is 3.20. The normalized spacial score (nSPS) is 11.1. The lowest BCUT2D eigenvalue weighted by Gasteiger charge is -2.07. The second kappa shape index (κ2) is 6.83. The van der Waals surface area contributed by atoms with Crippen molar-refractivity contribution in [1.82, 2.24) is 9.78 Å². The number of nitrogens with one attached hydrogen (secondary N) is 1. The highest BCUT2D eigenvalue weighted by Crippen LogP contribution is 2.31. The first kappa shape index (κ1) is 17.8. The van der Waals surface area contributed by atoms with Crippen LogP contribution in [0.5, 0.6) is 0 Å². The van der Waals surface area contributed by atoms with Gasteiger partial charge in [0.05, 0.1) is 16.3 Å². The Labute approximate surface area is 166 Å². The average molecular weight is 396 g/mol. The molecular weight excluding hydrogens is 378 g/mol. The topological polar surface area (TPSA) is 46.9 Å². The van der Waals surface area contributed by atoms with E-state index in [0.717, 1.165) is 32.8 Å². The first-order valence-electron chi connectivity index (χ1n) is 8.56. The zero-order chi connectivity index (χ0) is 19.1. The molecule has 4 nitrogen and oxygen atoms in total. The van der Waals surface area contributed by atoms with Crippen molar-refractivity contribution >= 4 is 44.7 Å². The molecule has 27 heavy (non-hydrogen) atoms. The van der Waals surface area contributed by atoms with Gasteiger partial charge in [0.25, 0.3) is 5.91 Å². The van der Waals surface area contributed by atoms with Crippen molar-refractivity contribution in [2.75, 3.05) is 5.32 Å². The number of aryl methyl sites for hydroxylation is 3. The lowest BCUT2D eigenvalue weighted by atomic mass is 10.2. The molecule has 1 amide bonds. The minimum Gasteiger partial charge on any atom is -0.321 e. The minimum atomic E-state index is -0.142. The van der Waals surface area contributed by atoms with Crippen molar-refractivity contribution in [2.24, 2.45) is 0 Å². The summed E-state index contributed by atoms with van der Waals surface area (Å²) in [7, 11) is 0. The Bertz CT molecular complexity index is 1160. The van der Waals surface area contributed by atoms with Gasteiger partial charge in [0.1, 0.15) is 4.83 Å². The minimum absolute atomic E-state index is 0.142. The second-order valence-corrected chi connectivity index (χ2v) is 8.04. The van der Waals surface area contributed by atoms with Crippen LogP contribution in [0.2, 0.25) is 5.02 Å². The van der Waals surface area contributed by atoms with Gasteiger partial charge in [0.15, 0.2) is 0 Å². The Morgan fingerprint density at radius 2 is 1.81 bits per heavy atom. The molecule has 0 spiro atoms. The number of benzene rings is 2. The van der Waals surface area contributed by atoms with Crippen LogP contribution in [-0.4, -0.2) is 15.7 Å². The summed E-state index contributed by atoms with van der Waals surface area (Å²) in [5, 5.41) is 9.19. The van der Waals surface area contributed by atoms with Crippen molar-refractivity contribution in [3.8, 4) is 5.69 Å². The van der Waals surface area contributed by atoms with Crippen LogP contribution in [0.1, 0.15) is 26.5 Å². The largest absolute Gasteiger partial charge is 0.321 e. The monoisotopic (exact) mass is 395 g/mol. The Balaban J connectivity index is 1.71. The molecule has 2 aromatic carbocycles. The summed E-state index contributed by atoms with van der Waals surface area (Å²) in [6, 6.07) is 15.6. The molecule has 2 aromatic heterocycles. The third-order valence-corrected chi connectivity index (χ3v) is 5.84. The molecule has 0 bridgehead atoms. The van der Waals surface area contributed by atoms with Gasteiger partial charge >= 0.3 is 0 Å². The van der Waals surface area contributed by atoms with Crippen molar-refractivity contribution < 1.29 is 4.79 Å². The first-order chi connectivity index (χ1) is 12.9. The lowest BCUT2D eigenvalue weighted by Crippen LogP contribution is -2.11. The molecule has 0 saturated carbocycles. The molecule has 0 saturated heterocycles. The fourth-order valence-corrected chi connectivity index (χ4v) is 4.18. The van der Waals surface area contributed by atoms with E-state index in [9.17, 15) is 4.79 Å². The molecule has 0 aliphatic rings. The van der Waals surface area contributed by atoms with Gasteiger partial charge in [-0.3, -0.25) is 4.79 Å². The standard InChI is InChI=1S/C21H18ClN3OS/c1-12-4-8-16(9-5-12)25-21-17(14(3)24-25)11-19(27-21)20(26)23-18-10-15(22)7-6-13(18)2/h4-11H,1-3H3,(H,23,26). The Hall–Kier alpha value is -2.63. The zero-order valence-corrected chi connectivity index (χ0v) is 16.8. The fraction of sp³-hybridized carbons (Fsp3) is 0.143. The molecule has 4 rings (SSSR count). The molecule has 0 aliphatic heterocycles. The predicted molar refractivity (Wildman–Crippen MR) is 113 cm³/mol. The molecule has 136 valence electrons. The van der Waals surface area contributed by atoms with E-state index in [2.05, 4.69) is 29.5 Å². The molecule has 1 N–H and O–H groups in total. The highest BCUT2D eigenvalue weighted by Gasteiger charge is 2.18. The zero-order valence-electron chi connectivity index (χ0n) is 15.2. The van der Waals surface area contributed by atoms with Crippen LogP contribution in [-0.2, 0) is 0 Å². The van der Waals surface area contributed by atoms with Gasteiger partial charge < -0.3 is 5.32 Å². The molecule has 0 fully saturated rings. The van der Waals surface area contributed by atoms with Crippen LogP contribution in [0.3, 0.4) is 0 Å². The summed E-state index contributed by atoms with van der Waals surface area (Å²) >= 11 is 7.49. The van der Waals surface area contributed by atoms with Crippen molar-refractivity contribution in [3.05, 3.63) is 75.3 Å². The maximum absolute atomic E-state index is 12.8. The highest BCUT2D eigenvalue weighted by molar-refractivity contribution is 7.20. The Kier molecular flexibility index (Phi) is 4.50. The van der Waals surface area contributed by atoms with Crippen LogP contribution >= 0.6 is 22.9 Å². The molecule has 0 radical (unpaired) electrons. The number of nitrogens with zero attached hydrogens (tertiary/aromatic N) is 2. The number of rotatable bonds is 3. The van der Waals surface area contributed by atoms with E-state index < -0.39 is 0 Å². The summed E-state index contributed by atoms with van der Waals surface area (Å²) in [6.45, 7) is 5.96. The smallest absolute Gasteiger partial charge is 0.265 e. The van der Waals surface area contributed by atoms with E-state index >= 15 is 0 Å². The number of hydrogen-bond acceptors (Lipinski definition) is 3. The molecule has 0 aliphatic carbocycles. The molecule has 0 atom stereocenters. The van der Waals surface area contributed by atoms with Crippen molar-refractivity contribution in [1.29, 1.82) is 0 Å². The number of amides is 1. The second-order valence-electron chi connectivity index (χ2n) is 6.58. The summed E-state index contributed by atoms with van der Waals surface area (Å²) in [4.78, 5) is 14.4. The summed E-state index contributed by atoms with van der Waals surface area (Å²) in [5.74, 6) is -0.142. The van der Waals surface area contributed by atoms with Gasteiger partial charge in [-0.1, -0.05) is 35.4 Å². The third-order valence-electron chi connectivity index (χ3n) is 4.49. The number of fused-ring (bicyclic) bond motifs is 1. The van der Waals surface area contributed by atoms with Gasteiger partial charge in [-0.15, -0.1) is 11.3 Å². The number of hydrogen-bond donors (Lipinski definition) is 1. The van der Waals surface area contributed by atoms with Crippen LogP contribution in [0.25, 0.3) is 15.9 Å². The fourth-order valence-electron chi connectivity index (χ4n) is 2.93. The molecular formula is C21H18ClN3OS. The number of thiophene rings is 1. The SMILES string of the molecule is Cc1ccc(-n2nc(C)c3cc(C(=O)Nc4cc(Cl)ccc4C)sc32)cc1. The number of aromatic nitrogens is 2. The maximum Gasteiger partial charge on any atom is 0.265 e. The van der Waals surface area contributed by atoms with Crippen molar-refractivity contribution in [3.63, 3.8) is 0 Å². The van der Waals surface area contributed by atoms with E-state index in [0.29, 0.717) is 9.90 Å². The van der Waals surface area contributed by atoms with E-state index in [1.54, 1.807) is 6.07 Å². The summed E-state index contributed by atoms with van der Waals surface area (Å²) < 4.78 is 1.90. The van der Waals surface area contributed by atoms with E-state index in [1.807, 2.05) is 48.9 Å². The van der Waals surface area contributed by atoms with Gasteiger partial charge in [0, 0.05) is 16.1 Å². The highest BCUT2D eigenvalue weighted by atomic mass is 35.5. The van der Waals surface area contributed by atoms with Gasteiger partial charge in [-0.2, -0.15) is 5.10 Å². The van der Waals surface area contributed by atoms with Gasteiger partial charge in [0.2, 0.25) is 0 Å². The van der Waals surface area contributed by atoms with Gasteiger partial charge in [-0.25, -0.2) is 4.68 Å². The lowest BCUT2D eigenvalue weighted by molar-refractivity contribution is 0.103. The predicted octanol–water partition coefficient (Wildman–Crippen LogP) is 5.92. The Morgan fingerprint density at radius 1 is 1.07 bits per heavy atom. The molecule has 6 heteroatoms. The van der Waals surface area contributed by atoms with Crippen LogP contribution in [0.15, 0.2) is 48.5 Å². The molecule has 0 unspecified atom stereocenters. The number of carbonyl (C=O) groups excluding carboxylic acids is 1. The quantitative estimate of drug-likeness (QED) is 0.468. The van der Waals surface area contributed by atoms with Crippen molar-refractivity contribution in [2.45, 2.75) is 20.8 Å². The van der Waals surface area contributed by atoms with E-state index in [1.165, 1.54) is 16.9 Å². The number of anilines is 1. The van der Waals surface area contributed by atoms with E-state index in [-0.39, 0.29) is 5.91 Å². The molecule has 4 aromatic rings. The van der Waals surface area contributed by atoms with Crippen LogP contribution < -0.4 is 5.32 Å². The Morgan fingerprint density at radius 3 is 2.56 bits per heavy atom. The van der Waals surface area contributed by atoms with Crippen LogP contribution in [0.4, 0.5) is 5.69 Å². The number of carbonyl (C=O) groups is 1. The third kappa shape index (κ3) is 3.36.